The van der Waals surface area contributed by atoms with Gasteiger partial charge in [-0.1, -0.05) is 106 Å². The molecular formula is C74H123N15O14. The molecule has 1 fully saturated rings. The topological polar surface area (TPSA) is 340 Å². The number of aliphatic hydroxyl groups is 1. The third-order valence-corrected chi connectivity index (χ3v) is 19.0. The van der Waals surface area contributed by atoms with Crippen molar-refractivity contribution in [3.8, 4) is 5.82 Å². The number of pyridine rings is 1. The zero-order valence-electron chi connectivity index (χ0n) is 65.7. The van der Waals surface area contributed by atoms with Crippen molar-refractivity contribution in [2.75, 3.05) is 55.9 Å². The Morgan fingerprint density at radius 2 is 1.11 bits per heavy atom. The fourth-order valence-electron chi connectivity index (χ4n) is 12.5. The molecule has 0 saturated carbocycles. The van der Waals surface area contributed by atoms with E-state index in [4.69, 9.17) is 9.57 Å². The van der Waals surface area contributed by atoms with E-state index in [9.17, 15) is 29.1 Å². The van der Waals surface area contributed by atoms with E-state index < -0.39 is 161 Å². The zero-order valence-corrected chi connectivity index (χ0v) is 65.7. The molecule has 29 heteroatoms. The number of rotatable bonds is 23. The number of likely N-dealkylation sites (N-methyl/N-ethyl adjacent to an activating group) is 7. The Balaban J connectivity index is 2.25. The molecule has 5 N–H and O–H groups in total. The lowest BCUT2D eigenvalue weighted by atomic mass is 9.91. The number of aromatic nitrogens is 3. The Kier molecular flexibility index (Phi) is 36.1. The molecule has 3 rings (SSSR count). The molecule has 0 aliphatic carbocycles. The summed E-state index contributed by atoms with van der Waals surface area (Å²) in [5, 5.41) is 31.6. The first kappa shape index (κ1) is 88.9. The van der Waals surface area contributed by atoms with E-state index in [1.807, 2.05) is 47.6 Å². The van der Waals surface area contributed by atoms with Gasteiger partial charge in [-0.25, -0.2) is 9.67 Å². The van der Waals surface area contributed by atoms with Crippen molar-refractivity contribution >= 4 is 71.2 Å². The van der Waals surface area contributed by atoms with Crippen molar-refractivity contribution in [3.05, 3.63) is 54.5 Å². The highest BCUT2D eigenvalue weighted by molar-refractivity contribution is 6.00. The highest BCUT2D eigenvalue weighted by atomic mass is 16.6. The van der Waals surface area contributed by atoms with E-state index >= 15 is 28.8 Å². The highest BCUT2D eigenvalue weighted by Gasteiger charge is 2.46. The average molecular weight is 1450 g/mol. The van der Waals surface area contributed by atoms with E-state index in [1.165, 1.54) is 89.7 Å². The molecule has 11 amide bonds. The second kappa shape index (κ2) is 41.8. The Bertz CT molecular complexity index is 3180. The Labute approximate surface area is 611 Å². The fourth-order valence-corrected chi connectivity index (χ4v) is 12.5. The number of aliphatic hydroxyl groups excluding tert-OH is 1. The number of ether oxygens (including phenoxy) is 1. The van der Waals surface area contributed by atoms with Crippen LogP contribution in [0, 0.1) is 35.5 Å². The van der Waals surface area contributed by atoms with Crippen LogP contribution in [-0.4, -0.2) is 260 Å². The Morgan fingerprint density at radius 3 is 1.63 bits per heavy atom. The van der Waals surface area contributed by atoms with Gasteiger partial charge in [-0.05, 0) is 127 Å². The molecule has 0 bridgehead atoms. The molecule has 2 aromatic rings. The van der Waals surface area contributed by atoms with Gasteiger partial charge in [0.25, 0.3) is 0 Å². The maximum absolute atomic E-state index is 15.3. The van der Waals surface area contributed by atoms with Gasteiger partial charge in [0, 0.05) is 86.3 Å². The van der Waals surface area contributed by atoms with E-state index in [0.717, 1.165) is 20.3 Å². The first-order chi connectivity index (χ1) is 48.2. The Morgan fingerprint density at radius 1 is 0.573 bits per heavy atom. The summed E-state index contributed by atoms with van der Waals surface area (Å²) in [6.45, 7) is 29.2. The van der Waals surface area contributed by atoms with Crippen molar-refractivity contribution in [2.24, 2.45) is 40.7 Å². The molecule has 2 aromatic heterocycles. The molecule has 1 saturated heterocycles. The van der Waals surface area contributed by atoms with Gasteiger partial charge in [-0.3, -0.25) is 52.7 Å². The lowest BCUT2D eigenvalue weighted by molar-refractivity contribution is -0.157. The molecule has 0 spiro atoms. The lowest BCUT2D eigenvalue weighted by Gasteiger charge is -2.41. The zero-order chi connectivity index (χ0) is 78.2. The van der Waals surface area contributed by atoms with Crippen molar-refractivity contribution in [3.63, 3.8) is 0 Å². The minimum atomic E-state index is -1.66. The summed E-state index contributed by atoms with van der Waals surface area (Å²) >= 11 is 0. The molecular weight excluding hydrogens is 1320 g/mol. The molecule has 14 atom stereocenters. The molecule has 1 aliphatic heterocycles. The summed E-state index contributed by atoms with van der Waals surface area (Å²) in [6.07, 6.45) is 9.00. The number of amides is 11. The second-order valence-electron chi connectivity index (χ2n) is 29.5. The van der Waals surface area contributed by atoms with E-state index in [2.05, 4.69) is 36.5 Å². The van der Waals surface area contributed by atoms with Crippen LogP contribution in [0.25, 0.3) is 5.82 Å². The summed E-state index contributed by atoms with van der Waals surface area (Å²) in [5.74, 6) is -9.78. The molecule has 0 aromatic carbocycles. The van der Waals surface area contributed by atoms with Crippen LogP contribution in [0.5, 0.6) is 0 Å². The number of hydrogen-bond donors (Lipinski definition) is 5. The minimum Gasteiger partial charge on any atom is -0.391 e. The van der Waals surface area contributed by atoms with Crippen molar-refractivity contribution in [2.45, 2.75) is 248 Å². The molecule has 103 heavy (non-hydrogen) atoms. The number of allylic oxidation sites excluding steroid dienone is 2. The van der Waals surface area contributed by atoms with Gasteiger partial charge < -0.3 is 70.2 Å². The van der Waals surface area contributed by atoms with Crippen LogP contribution < -0.4 is 21.3 Å². The number of unbranched alkanes of at least 4 members (excludes halogenated alkanes) is 1. The first-order valence-corrected chi connectivity index (χ1v) is 36.3. The second-order valence-corrected chi connectivity index (χ2v) is 29.5. The van der Waals surface area contributed by atoms with Crippen LogP contribution in [-0.2, 0) is 68.9 Å². The molecule has 578 valence electrons. The van der Waals surface area contributed by atoms with E-state index in [0.29, 0.717) is 18.7 Å². The maximum atomic E-state index is 15.3. The van der Waals surface area contributed by atoms with Crippen LogP contribution >= 0.6 is 0 Å². The van der Waals surface area contributed by atoms with Crippen LogP contribution in [0.4, 0.5) is 0 Å². The predicted molar refractivity (Wildman–Crippen MR) is 393 cm³/mol. The summed E-state index contributed by atoms with van der Waals surface area (Å²) in [4.78, 5) is 182. The van der Waals surface area contributed by atoms with Gasteiger partial charge in [0.2, 0.25) is 65.0 Å². The molecule has 1 aliphatic rings. The number of carbonyl (C=O) groups excluding carboxylic acids is 11. The number of hydrogen-bond acceptors (Lipinski definition) is 17. The van der Waals surface area contributed by atoms with Gasteiger partial charge >= 0.3 is 0 Å². The number of nitrogens with zero attached hydrogens (tertiary/aromatic N) is 11. The summed E-state index contributed by atoms with van der Waals surface area (Å²) < 4.78 is 7.94. The monoisotopic (exact) mass is 1450 g/mol. The van der Waals surface area contributed by atoms with Gasteiger partial charge in [0.1, 0.15) is 73.1 Å². The van der Waals surface area contributed by atoms with Crippen LogP contribution in [0.15, 0.2) is 54.1 Å². The quantitative estimate of drug-likeness (QED) is 0.0440. The van der Waals surface area contributed by atoms with Crippen molar-refractivity contribution in [1.29, 1.82) is 0 Å². The smallest absolute Gasteiger partial charge is 0.246 e. The summed E-state index contributed by atoms with van der Waals surface area (Å²) in [6, 6.07) is -9.06. The standard InChI is InChI=1S/C74H123N15O14/c1-25-27-31-48(13)63(90)62-67(94)80-54(26-2)70(97)82(18)51(16)69(96)87(23)61(52(17)102-37-29-28-35-77-103-42-53-32-33-58(75-41-53)89-36-30-34-76-89)66(93)81-59(46(9)10)73(100)83(19)55(38-43(3)4)65(92)78-49(14)64(91)79-50(15)68(95)84(20)56(39-44(5)6)71(98)85(21)57(40-45(7)8)72(99)86(22)60(47(11)12)74(101)88(62)24/h25,27,30,32-36,41,43-52,54-57,59-63,90H,26,28-29,31,37-40,42H2,1-24H3,(H,78,92)(H,79,91)(H,80,94)(H,81,93)/b27-25+,77-35+/t48-,49+,50+,51-,52-,54+,55-,56+,57-,59+,60+,61+,62+,63-/m1/s1. The number of carbonyl (C=O) groups is 11. The van der Waals surface area contributed by atoms with Crippen LogP contribution in [0.3, 0.4) is 0 Å². The summed E-state index contributed by atoms with van der Waals surface area (Å²) in [7, 11) is 9.80. The SMILES string of the molecule is C/C=C/C[C@@H](C)[C@@H](O)[C@H]1C(=O)N[C@@H](CC)C(=O)N(C)[C@H](C)C(=O)N(C)[C@@H]([C@@H](C)OCCC/C=N/OCc2ccc(-n3cccn3)nc2)C(=O)N[C@@H](C(C)C)C(=O)N(C)[C@H](CC(C)C)C(=O)N[C@@H](C)C(=O)N[C@@H](C)C(=O)N(C)[C@@H](CC(C)C)C(=O)N(C)[C@H](CC(C)C)C(=O)N(C)[C@@H](C(C)C)C(=O)N1C. The maximum Gasteiger partial charge on any atom is 0.246 e. The first-order valence-electron chi connectivity index (χ1n) is 36.3. The van der Waals surface area contributed by atoms with Crippen LogP contribution in [0.2, 0.25) is 0 Å². The van der Waals surface area contributed by atoms with Gasteiger partial charge in [0.05, 0.1) is 12.2 Å². The molecule has 0 radical (unpaired) electrons. The van der Waals surface area contributed by atoms with Gasteiger partial charge in [-0.2, -0.15) is 5.10 Å². The molecule has 3 heterocycles. The third kappa shape index (κ3) is 24.9. The third-order valence-electron chi connectivity index (χ3n) is 19.0. The fraction of sp³-hybridized carbons (Fsp3) is 0.703. The van der Waals surface area contributed by atoms with Crippen molar-refractivity contribution in [1.82, 2.24) is 70.3 Å². The Hall–Kier alpha value is -8.34. The van der Waals surface area contributed by atoms with E-state index in [-0.39, 0.29) is 63.1 Å². The lowest BCUT2D eigenvalue weighted by Crippen LogP contribution is -2.64. The summed E-state index contributed by atoms with van der Waals surface area (Å²) in [5.41, 5.74) is 0.773. The predicted octanol–water partition coefficient (Wildman–Crippen LogP) is 4.58. The van der Waals surface area contributed by atoms with Crippen molar-refractivity contribution < 1.29 is 67.4 Å². The molecule has 29 nitrogen and oxygen atoms in total. The normalized spacial score (nSPS) is 25.3. The molecule has 0 unspecified atom stereocenters. The highest BCUT2D eigenvalue weighted by Crippen LogP contribution is 2.26. The average Bonchev–Trinajstić information content (AvgIpc) is 0.986. The minimum absolute atomic E-state index is 0.0329. The largest absolute Gasteiger partial charge is 0.391 e. The number of nitrogens with one attached hydrogen (secondary N) is 4. The van der Waals surface area contributed by atoms with E-state index in [1.54, 1.807) is 109 Å². The van der Waals surface area contributed by atoms with Gasteiger partial charge in [-0.15, -0.1) is 0 Å². The number of oxime groups is 1. The van der Waals surface area contributed by atoms with Gasteiger partial charge in [0.15, 0.2) is 5.82 Å². The van der Waals surface area contributed by atoms with Crippen LogP contribution in [0.1, 0.15) is 168 Å².